The molecule has 0 atom stereocenters. The second-order valence-electron chi connectivity index (χ2n) is 3.84. The molecule has 102 valence electrons. The van der Waals surface area contributed by atoms with Gasteiger partial charge in [0, 0.05) is 38.9 Å². The van der Waals surface area contributed by atoms with Crippen LogP contribution in [0.25, 0.3) is 0 Å². The fraction of sp³-hybridized carbons (Fsp3) is 0.538. The third-order valence-corrected chi connectivity index (χ3v) is 2.56. The van der Waals surface area contributed by atoms with Gasteiger partial charge in [-0.3, -0.25) is 0 Å². The fourth-order valence-corrected chi connectivity index (χ4v) is 1.59. The number of methoxy groups -OCH3 is 2. The molecule has 0 aliphatic heterocycles. The number of hydrogen-bond donors (Lipinski definition) is 2. The fourth-order valence-electron chi connectivity index (χ4n) is 1.59. The van der Waals surface area contributed by atoms with Crippen LogP contribution in [0.15, 0.2) is 18.2 Å². The first-order valence-corrected chi connectivity index (χ1v) is 6.01. The molecular weight excluding hydrogens is 235 g/mol. The lowest BCUT2D eigenvalue weighted by Gasteiger charge is -2.10. The topological polar surface area (TPSA) is 42.5 Å². The maximum Gasteiger partial charge on any atom is 0.131 e. The summed E-state index contributed by atoms with van der Waals surface area (Å²) >= 11 is 0. The van der Waals surface area contributed by atoms with Gasteiger partial charge in [0.1, 0.15) is 11.6 Å². The first-order chi connectivity index (χ1) is 8.79. The number of benzene rings is 1. The average molecular weight is 256 g/mol. The summed E-state index contributed by atoms with van der Waals surface area (Å²) in [5.74, 6) is 0.337. The highest BCUT2D eigenvalue weighted by Crippen LogP contribution is 2.20. The largest absolute Gasteiger partial charge is 0.496 e. The second kappa shape index (κ2) is 8.85. The van der Waals surface area contributed by atoms with Crippen LogP contribution >= 0.6 is 0 Å². The lowest BCUT2D eigenvalue weighted by molar-refractivity contribution is 0.199. The molecule has 0 aliphatic rings. The summed E-state index contributed by atoms with van der Waals surface area (Å²) in [6.45, 7) is 3.56. The molecule has 18 heavy (non-hydrogen) atoms. The van der Waals surface area contributed by atoms with Crippen LogP contribution in [0.4, 0.5) is 4.39 Å². The standard InChI is InChI=1S/C13H21FN2O2/c1-17-9-8-15-6-7-16-10-11-12(14)4-3-5-13(11)18-2/h3-5,15-16H,6-10H2,1-2H3. The third kappa shape index (κ3) is 5.00. The van der Waals surface area contributed by atoms with E-state index in [0.717, 1.165) is 19.6 Å². The van der Waals surface area contributed by atoms with Gasteiger partial charge in [-0.25, -0.2) is 4.39 Å². The monoisotopic (exact) mass is 256 g/mol. The van der Waals surface area contributed by atoms with Crippen LogP contribution in [0, 0.1) is 5.82 Å². The second-order valence-corrected chi connectivity index (χ2v) is 3.84. The van der Waals surface area contributed by atoms with E-state index in [4.69, 9.17) is 9.47 Å². The molecule has 0 fully saturated rings. The predicted molar refractivity (Wildman–Crippen MR) is 69.4 cm³/mol. The molecule has 0 amide bonds. The van der Waals surface area contributed by atoms with E-state index in [9.17, 15) is 4.39 Å². The number of rotatable bonds is 9. The first-order valence-electron chi connectivity index (χ1n) is 6.01. The van der Waals surface area contributed by atoms with Gasteiger partial charge in [-0.05, 0) is 12.1 Å². The van der Waals surface area contributed by atoms with Gasteiger partial charge in [0.15, 0.2) is 0 Å². The summed E-state index contributed by atoms with van der Waals surface area (Å²) in [5.41, 5.74) is 0.567. The maximum absolute atomic E-state index is 13.6. The van der Waals surface area contributed by atoms with Crippen LogP contribution in [0.1, 0.15) is 5.56 Å². The zero-order valence-corrected chi connectivity index (χ0v) is 11.0. The lowest BCUT2D eigenvalue weighted by atomic mass is 10.2. The Morgan fingerprint density at radius 1 is 1.11 bits per heavy atom. The van der Waals surface area contributed by atoms with Crippen molar-refractivity contribution in [2.24, 2.45) is 0 Å². The average Bonchev–Trinajstić information content (AvgIpc) is 2.39. The van der Waals surface area contributed by atoms with E-state index in [1.54, 1.807) is 26.4 Å². The summed E-state index contributed by atoms with van der Waals surface area (Å²) in [4.78, 5) is 0. The Morgan fingerprint density at radius 3 is 2.61 bits per heavy atom. The van der Waals surface area contributed by atoms with E-state index in [1.807, 2.05) is 0 Å². The Kier molecular flexibility index (Phi) is 7.32. The molecule has 0 bridgehead atoms. The van der Waals surface area contributed by atoms with Gasteiger partial charge < -0.3 is 20.1 Å². The van der Waals surface area contributed by atoms with Crippen LogP contribution in [0.5, 0.6) is 5.75 Å². The van der Waals surface area contributed by atoms with E-state index in [1.165, 1.54) is 6.07 Å². The highest BCUT2D eigenvalue weighted by Gasteiger charge is 2.07. The Morgan fingerprint density at radius 2 is 1.89 bits per heavy atom. The van der Waals surface area contributed by atoms with Crippen molar-refractivity contribution in [3.8, 4) is 5.75 Å². The molecule has 0 saturated carbocycles. The lowest BCUT2D eigenvalue weighted by Crippen LogP contribution is -2.29. The van der Waals surface area contributed by atoms with Gasteiger partial charge in [-0.1, -0.05) is 6.07 Å². The van der Waals surface area contributed by atoms with Crippen LogP contribution in [0.2, 0.25) is 0 Å². The molecule has 0 unspecified atom stereocenters. The smallest absolute Gasteiger partial charge is 0.131 e. The molecule has 1 aromatic carbocycles. The van der Waals surface area contributed by atoms with Gasteiger partial charge >= 0.3 is 0 Å². The number of nitrogens with one attached hydrogen (secondary N) is 2. The molecule has 1 rings (SSSR count). The predicted octanol–water partition coefficient (Wildman–Crippen LogP) is 1.16. The van der Waals surface area contributed by atoms with E-state index in [-0.39, 0.29) is 5.82 Å². The minimum absolute atomic E-state index is 0.241. The van der Waals surface area contributed by atoms with E-state index in [2.05, 4.69) is 10.6 Å². The quantitative estimate of drug-likeness (QED) is 0.651. The molecule has 0 saturated heterocycles. The van der Waals surface area contributed by atoms with Crippen molar-refractivity contribution in [2.75, 3.05) is 40.5 Å². The molecule has 0 aliphatic carbocycles. The van der Waals surface area contributed by atoms with Gasteiger partial charge in [0.25, 0.3) is 0 Å². The first kappa shape index (κ1) is 14.9. The Bertz CT molecular complexity index is 348. The van der Waals surface area contributed by atoms with Crippen molar-refractivity contribution in [3.05, 3.63) is 29.6 Å². The summed E-state index contributed by atoms with van der Waals surface area (Å²) in [6.07, 6.45) is 0. The normalized spacial score (nSPS) is 10.6. The Labute approximate surface area is 107 Å². The summed E-state index contributed by atoms with van der Waals surface area (Å²) in [5, 5.41) is 6.37. The molecule has 0 heterocycles. The molecule has 2 N–H and O–H groups in total. The maximum atomic E-state index is 13.6. The zero-order valence-electron chi connectivity index (χ0n) is 11.0. The van der Waals surface area contributed by atoms with Crippen molar-refractivity contribution in [2.45, 2.75) is 6.54 Å². The van der Waals surface area contributed by atoms with Crippen LogP contribution in [-0.4, -0.2) is 40.5 Å². The molecule has 1 aromatic rings. The van der Waals surface area contributed by atoms with Crippen LogP contribution < -0.4 is 15.4 Å². The van der Waals surface area contributed by atoms with E-state index in [0.29, 0.717) is 24.5 Å². The van der Waals surface area contributed by atoms with Gasteiger partial charge in [-0.2, -0.15) is 0 Å². The Balaban J connectivity index is 2.26. The minimum atomic E-state index is -0.241. The van der Waals surface area contributed by atoms with Crippen molar-refractivity contribution in [3.63, 3.8) is 0 Å². The highest BCUT2D eigenvalue weighted by atomic mass is 19.1. The SMILES string of the molecule is COCCNCCNCc1c(F)cccc1OC. The van der Waals surface area contributed by atoms with Gasteiger partial charge in [0.2, 0.25) is 0 Å². The van der Waals surface area contributed by atoms with Crippen LogP contribution in [0.3, 0.4) is 0 Å². The molecule has 5 heteroatoms. The Hall–Kier alpha value is -1.17. The molecule has 4 nitrogen and oxygen atoms in total. The molecular formula is C13H21FN2O2. The van der Waals surface area contributed by atoms with E-state index < -0.39 is 0 Å². The number of hydrogen-bond acceptors (Lipinski definition) is 4. The highest BCUT2D eigenvalue weighted by molar-refractivity contribution is 5.34. The van der Waals surface area contributed by atoms with Gasteiger partial charge in [0.05, 0.1) is 13.7 Å². The minimum Gasteiger partial charge on any atom is -0.496 e. The zero-order chi connectivity index (χ0) is 13.2. The summed E-state index contributed by atoms with van der Waals surface area (Å²) in [7, 11) is 3.22. The van der Waals surface area contributed by atoms with Crippen molar-refractivity contribution < 1.29 is 13.9 Å². The van der Waals surface area contributed by atoms with Crippen molar-refractivity contribution >= 4 is 0 Å². The molecule has 0 radical (unpaired) electrons. The molecule has 0 spiro atoms. The summed E-state index contributed by atoms with van der Waals surface area (Å²) in [6, 6.07) is 4.84. The van der Waals surface area contributed by atoms with Crippen molar-refractivity contribution in [1.82, 2.24) is 10.6 Å². The summed E-state index contributed by atoms with van der Waals surface area (Å²) < 4.78 is 23.6. The van der Waals surface area contributed by atoms with Crippen molar-refractivity contribution in [1.29, 1.82) is 0 Å². The number of ether oxygens (including phenoxy) is 2. The van der Waals surface area contributed by atoms with Gasteiger partial charge in [-0.15, -0.1) is 0 Å². The van der Waals surface area contributed by atoms with Crippen LogP contribution in [-0.2, 0) is 11.3 Å². The number of halogens is 1. The van der Waals surface area contributed by atoms with E-state index >= 15 is 0 Å². The third-order valence-electron chi connectivity index (χ3n) is 2.56. The molecule has 0 aromatic heterocycles.